The lowest BCUT2D eigenvalue weighted by Gasteiger charge is -1.88. The Balaban J connectivity index is 0.000000461. The van der Waals surface area contributed by atoms with Crippen LogP contribution in [0.15, 0.2) is 30.3 Å². The van der Waals surface area contributed by atoms with Crippen LogP contribution in [0.2, 0.25) is 0 Å². The highest BCUT2D eigenvalue weighted by atomic mass is 16.4. The molecule has 4 nitrogen and oxygen atoms in total. The van der Waals surface area contributed by atoms with Crippen molar-refractivity contribution < 1.29 is 9.90 Å². The molecule has 1 aromatic rings. The van der Waals surface area contributed by atoms with Crippen LogP contribution in [0, 0.1) is 0 Å². The first kappa shape index (κ1) is 9.61. The number of hydrogen-bond acceptors (Lipinski definition) is 3. The molecule has 1 rings (SSSR count). The molecule has 5 N–H and O–H groups in total. The maximum Gasteiger partial charge on any atom is 0.335 e. The topological polar surface area (TPSA) is 89.3 Å². The van der Waals surface area contributed by atoms with Crippen molar-refractivity contribution in [3.63, 3.8) is 0 Å². The summed E-state index contributed by atoms with van der Waals surface area (Å²) in [5.41, 5.74) is 0.331. The number of carbonyl (C=O) groups is 1. The second kappa shape index (κ2) is 5.40. The fourth-order valence-electron chi connectivity index (χ4n) is 0.581. The van der Waals surface area contributed by atoms with Gasteiger partial charge in [0.15, 0.2) is 0 Å². The van der Waals surface area contributed by atoms with E-state index in [-0.39, 0.29) is 0 Å². The smallest absolute Gasteiger partial charge is 0.335 e. The van der Waals surface area contributed by atoms with Gasteiger partial charge in [0, 0.05) is 0 Å². The minimum Gasteiger partial charge on any atom is -0.478 e. The first-order valence-electron chi connectivity index (χ1n) is 2.92. The molecule has 0 aliphatic rings. The van der Waals surface area contributed by atoms with Crippen molar-refractivity contribution in [3.05, 3.63) is 35.9 Å². The summed E-state index contributed by atoms with van der Waals surface area (Å²) in [5.74, 6) is 7.12. The van der Waals surface area contributed by atoms with Crippen LogP contribution in [0.4, 0.5) is 0 Å². The summed E-state index contributed by atoms with van der Waals surface area (Å²) < 4.78 is 0. The van der Waals surface area contributed by atoms with Crippen LogP contribution in [0.25, 0.3) is 0 Å². The molecule has 0 bridgehead atoms. The Bertz CT molecular complexity index is 211. The molecule has 4 heteroatoms. The average molecular weight is 154 g/mol. The van der Waals surface area contributed by atoms with Crippen molar-refractivity contribution in [2.45, 2.75) is 0 Å². The first-order chi connectivity index (χ1) is 5.30. The Morgan fingerprint density at radius 3 is 1.91 bits per heavy atom. The highest BCUT2D eigenvalue weighted by Gasteiger charge is 1.96. The third kappa shape index (κ3) is 3.34. The van der Waals surface area contributed by atoms with Gasteiger partial charge < -0.3 is 5.11 Å². The summed E-state index contributed by atoms with van der Waals surface area (Å²) in [4.78, 5) is 10.2. The fraction of sp³-hybridized carbons (Fsp3) is 0. The Kier molecular flexibility index (Phi) is 4.72. The van der Waals surface area contributed by atoms with E-state index in [1.165, 1.54) is 0 Å². The molecule has 0 spiro atoms. The third-order valence-electron chi connectivity index (χ3n) is 1.02. The predicted octanol–water partition coefficient (Wildman–Crippen LogP) is 0.204. The number of hydrazine groups is 1. The minimum atomic E-state index is -0.879. The van der Waals surface area contributed by atoms with Crippen LogP contribution in [-0.2, 0) is 0 Å². The summed E-state index contributed by atoms with van der Waals surface area (Å²) in [7, 11) is 0. The molecule has 11 heavy (non-hydrogen) atoms. The first-order valence-corrected chi connectivity index (χ1v) is 2.92. The highest BCUT2D eigenvalue weighted by molar-refractivity contribution is 5.87. The maximum absolute atomic E-state index is 10.2. The number of nitrogens with two attached hydrogens (primary N) is 2. The van der Waals surface area contributed by atoms with Gasteiger partial charge in [-0.15, -0.1) is 0 Å². The van der Waals surface area contributed by atoms with E-state index in [0.717, 1.165) is 0 Å². The van der Waals surface area contributed by atoms with Crippen LogP contribution in [0.5, 0.6) is 0 Å². The van der Waals surface area contributed by atoms with Crippen LogP contribution in [0.3, 0.4) is 0 Å². The SMILES string of the molecule is NN.O=C(O)c1ccccc1. The van der Waals surface area contributed by atoms with E-state index in [4.69, 9.17) is 5.11 Å². The van der Waals surface area contributed by atoms with Crippen molar-refractivity contribution >= 4 is 5.97 Å². The van der Waals surface area contributed by atoms with Gasteiger partial charge >= 0.3 is 5.97 Å². The van der Waals surface area contributed by atoms with E-state index in [9.17, 15) is 4.79 Å². The Morgan fingerprint density at radius 2 is 1.64 bits per heavy atom. The summed E-state index contributed by atoms with van der Waals surface area (Å²) in [6.45, 7) is 0. The van der Waals surface area contributed by atoms with E-state index in [1.54, 1.807) is 30.3 Å². The van der Waals surface area contributed by atoms with E-state index in [2.05, 4.69) is 11.7 Å². The quantitative estimate of drug-likeness (QED) is 0.398. The highest BCUT2D eigenvalue weighted by Crippen LogP contribution is 1.96. The van der Waals surface area contributed by atoms with Crippen molar-refractivity contribution in [1.82, 2.24) is 0 Å². The summed E-state index contributed by atoms with van der Waals surface area (Å²) in [6, 6.07) is 8.30. The minimum absolute atomic E-state index is 0.331. The maximum atomic E-state index is 10.2. The number of hydrogen-bond donors (Lipinski definition) is 3. The Labute approximate surface area is 64.4 Å². The van der Waals surface area contributed by atoms with Gasteiger partial charge in [-0.05, 0) is 12.1 Å². The van der Waals surface area contributed by atoms with Gasteiger partial charge in [0.25, 0.3) is 0 Å². The summed E-state index contributed by atoms with van der Waals surface area (Å²) >= 11 is 0. The predicted molar refractivity (Wildman–Crippen MR) is 41.8 cm³/mol. The van der Waals surface area contributed by atoms with E-state index < -0.39 is 5.97 Å². The van der Waals surface area contributed by atoms with Crippen LogP contribution < -0.4 is 11.7 Å². The van der Waals surface area contributed by atoms with Gasteiger partial charge in [-0.2, -0.15) is 0 Å². The van der Waals surface area contributed by atoms with E-state index in [1.807, 2.05) is 0 Å². The molecule has 0 amide bonds. The van der Waals surface area contributed by atoms with Crippen molar-refractivity contribution in [3.8, 4) is 0 Å². The largest absolute Gasteiger partial charge is 0.478 e. The molecule has 60 valence electrons. The van der Waals surface area contributed by atoms with E-state index in [0.29, 0.717) is 5.56 Å². The molecule has 0 radical (unpaired) electrons. The standard InChI is InChI=1S/C7H6O2.H4N2/c8-7(9)6-4-2-1-3-5-6;1-2/h1-5H,(H,8,9);1-2H2. The Morgan fingerprint density at radius 1 is 1.18 bits per heavy atom. The number of aromatic carboxylic acids is 1. The lowest BCUT2D eigenvalue weighted by molar-refractivity contribution is 0.0697. The van der Waals surface area contributed by atoms with Crippen LogP contribution in [0.1, 0.15) is 10.4 Å². The lowest BCUT2D eigenvalue weighted by atomic mass is 10.2. The van der Waals surface area contributed by atoms with E-state index >= 15 is 0 Å². The molecule has 0 unspecified atom stereocenters. The molecule has 0 aliphatic carbocycles. The molecule has 0 aromatic heterocycles. The number of rotatable bonds is 1. The van der Waals surface area contributed by atoms with Crippen molar-refractivity contribution in [2.75, 3.05) is 0 Å². The van der Waals surface area contributed by atoms with Gasteiger partial charge in [0.05, 0.1) is 5.56 Å². The number of carboxylic acid groups (broad SMARTS) is 1. The molecule has 0 saturated carbocycles. The molecular weight excluding hydrogens is 144 g/mol. The lowest BCUT2D eigenvalue weighted by Crippen LogP contribution is -2.02. The van der Waals surface area contributed by atoms with Gasteiger partial charge in [0.1, 0.15) is 0 Å². The number of carboxylic acids is 1. The average Bonchev–Trinajstić information content (AvgIpc) is 2.10. The molecule has 0 heterocycles. The van der Waals surface area contributed by atoms with Gasteiger partial charge in [-0.3, -0.25) is 11.7 Å². The fourth-order valence-corrected chi connectivity index (χ4v) is 0.581. The molecule has 0 fully saturated rings. The van der Waals surface area contributed by atoms with Gasteiger partial charge in [0.2, 0.25) is 0 Å². The molecule has 0 atom stereocenters. The van der Waals surface area contributed by atoms with Crippen LogP contribution >= 0.6 is 0 Å². The van der Waals surface area contributed by atoms with Crippen LogP contribution in [-0.4, -0.2) is 11.1 Å². The van der Waals surface area contributed by atoms with Crippen molar-refractivity contribution in [2.24, 2.45) is 11.7 Å². The second-order valence-electron chi connectivity index (χ2n) is 1.67. The van der Waals surface area contributed by atoms with Gasteiger partial charge in [-0.1, -0.05) is 18.2 Å². The summed E-state index contributed by atoms with van der Waals surface area (Å²) in [5, 5.41) is 8.38. The van der Waals surface area contributed by atoms with Crippen molar-refractivity contribution in [1.29, 1.82) is 0 Å². The zero-order valence-corrected chi connectivity index (χ0v) is 5.90. The molecule has 0 saturated heterocycles. The molecule has 1 aromatic carbocycles. The number of benzene rings is 1. The zero-order valence-electron chi connectivity index (χ0n) is 5.90. The van der Waals surface area contributed by atoms with Gasteiger partial charge in [-0.25, -0.2) is 4.79 Å². The second-order valence-corrected chi connectivity index (χ2v) is 1.67. The molecular formula is C7H10N2O2. The summed E-state index contributed by atoms with van der Waals surface area (Å²) in [6.07, 6.45) is 0. The molecule has 0 aliphatic heterocycles. The monoisotopic (exact) mass is 154 g/mol. The Hall–Kier alpha value is -1.39. The normalized spacial score (nSPS) is 7.82. The third-order valence-corrected chi connectivity index (χ3v) is 1.02. The zero-order chi connectivity index (χ0) is 8.69.